The highest BCUT2D eigenvalue weighted by atomic mass is 16.5. The van der Waals surface area contributed by atoms with E-state index in [4.69, 9.17) is 4.74 Å². The predicted octanol–water partition coefficient (Wildman–Crippen LogP) is 4.39. The zero-order valence-electron chi connectivity index (χ0n) is 19.8. The van der Waals surface area contributed by atoms with Crippen LogP contribution in [-0.2, 0) is 4.79 Å². The number of hydrogen-bond donors (Lipinski definition) is 1. The highest BCUT2D eigenvalue weighted by molar-refractivity contribution is 5.98. The van der Waals surface area contributed by atoms with E-state index < -0.39 is 0 Å². The molecule has 0 fully saturated rings. The molecular formula is C27H26N6O2. The zero-order chi connectivity index (χ0) is 24.4. The number of benzene rings is 3. The van der Waals surface area contributed by atoms with Gasteiger partial charge in [-0.2, -0.15) is 4.68 Å². The van der Waals surface area contributed by atoms with Crippen molar-refractivity contribution in [1.29, 1.82) is 0 Å². The molecule has 1 aromatic heterocycles. The number of methoxy groups -OCH3 is 1. The number of tetrazole rings is 1. The molecule has 5 rings (SSSR count). The molecule has 0 bridgehead atoms. The van der Waals surface area contributed by atoms with Crippen molar-refractivity contribution in [3.63, 3.8) is 0 Å². The zero-order valence-corrected chi connectivity index (χ0v) is 19.8. The molecule has 1 amide bonds. The molecule has 0 radical (unpaired) electrons. The van der Waals surface area contributed by atoms with Gasteiger partial charge in [0.2, 0.25) is 5.91 Å². The molecule has 0 saturated carbocycles. The number of fused-ring (bicyclic) bond motifs is 1. The van der Waals surface area contributed by atoms with Gasteiger partial charge in [-0.1, -0.05) is 76.9 Å². The molecule has 35 heavy (non-hydrogen) atoms. The SMILES string of the molecule is COc1ccccc1NC(=O)CN1C(c2ccc(C)cc2)=C[C@@H](c2ccc(C)cc2)n2nnnc21. The number of nitrogens with zero attached hydrogens (tertiary/aromatic N) is 5. The average molecular weight is 467 g/mol. The Morgan fingerprint density at radius 3 is 2.37 bits per heavy atom. The van der Waals surface area contributed by atoms with Gasteiger partial charge in [0.25, 0.3) is 5.95 Å². The van der Waals surface area contributed by atoms with Gasteiger partial charge in [-0.25, -0.2) is 0 Å². The Balaban J connectivity index is 1.53. The number of anilines is 2. The van der Waals surface area contributed by atoms with Crippen LogP contribution in [0.1, 0.15) is 28.3 Å². The number of aromatic nitrogens is 4. The van der Waals surface area contributed by atoms with Gasteiger partial charge < -0.3 is 10.1 Å². The summed E-state index contributed by atoms with van der Waals surface area (Å²) in [5.74, 6) is 0.887. The van der Waals surface area contributed by atoms with Crippen LogP contribution in [0.15, 0.2) is 78.9 Å². The summed E-state index contributed by atoms with van der Waals surface area (Å²) < 4.78 is 7.13. The topological polar surface area (TPSA) is 85.2 Å². The first-order valence-corrected chi connectivity index (χ1v) is 11.4. The van der Waals surface area contributed by atoms with Crippen LogP contribution >= 0.6 is 0 Å². The molecule has 0 unspecified atom stereocenters. The fraction of sp³-hybridized carbons (Fsp3) is 0.185. The predicted molar refractivity (Wildman–Crippen MR) is 135 cm³/mol. The molecule has 0 saturated heterocycles. The van der Waals surface area contributed by atoms with Crippen LogP contribution < -0.4 is 15.0 Å². The molecule has 0 aliphatic carbocycles. The Hall–Kier alpha value is -4.46. The summed E-state index contributed by atoms with van der Waals surface area (Å²) >= 11 is 0. The molecule has 3 aromatic carbocycles. The molecule has 1 aliphatic heterocycles. The second-order valence-corrected chi connectivity index (χ2v) is 8.53. The van der Waals surface area contributed by atoms with Crippen LogP contribution in [0.5, 0.6) is 5.75 Å². The molecular weight excluding hydrogens is 440 g/mol. The third-order valence-electron chi connectivity index (χ3n) is 6.04. The van der Waals surface area contributed by atoms with E-state index in [1.54, 1.807) is 23.9 Å². The minimum absolute atomic E-state index is 0.0265. The van der Waals surface area contributed by atoms with Crippen molar-refractivity contribution in [2.24, 2.45) is 0 Å². The Bertz CT molecular complexity index is 1380. The van der Waals surface area contributed by atoms with E-state index in [0.717, 1.165) is 22.4 Å². The van der Waals surface area contributed by atoms with Crippen molar-refractivity contribution in [3.05, 3.63) is 101 Å². The highest BCUT2D eigenvalue weighted by Crippen LogP contribution is 2.36. The number of nitrogens with one attached hydrogen (secondary N) is 1. The van der Waals surface area contributed by atoms with Gasteiger partial charge in [-0.15, -0.1) is 0 Å². The molecule has 1 N–H and O–H groups in total. The van der Waals surface area contributed by atoms with Crippen LogP contribution in [0.3, 0.4) is 0 Å². The molecule has 0 spiro atoms. The second kappa shape index (κ2) is 9.42. The standard InChI is InChI=1S/C27H26N6O2/c1-18-8-12-20(13-9-18)23-16-24(21-14-10-19(2)11-15-21)33-27(29-30-31-33)32(23)17-26(34)28-22-6-4-5-7-25(22)35-3/h4-16,24H,17H2,1-3H3,(H,28,34)/t24-/m0/s1. The Kier molecular flexibility index (Phi) is 6.01. The van der Waals surface area contributed by atoms with Crippen molar-refractivity contribution < 1.29 is 9.53 Å². The first kappa shape index (κ1) is 22.3. The smallest absolute Gasteiger partial charge is 0.251 e. The van der Waals surface area contributed by atoms with Gasteiger partial charge in [0.1, 0.15) is 18.3 Å². The van der Waals surface area contributed by atoms with Crippen LogP contribution in [0.4, 0.5) is 11.6 Å². The number of carbonyl (C=O) groups excluding carboxylic acids is 1. The van der Waals surface area contributed by atoms with Gasteiger partial charge in [0.15, 0.2) is 0 Å². The fourth-order valence-corrected chi connectivity index (χ4v) is 4.18. The summed E-state index contributed by atoms with van der Waals surface area (Å²) in [7, 11) is 1.58. The lowest BCUT2D eigenvalue weighted by Crippen LogP contribution is -2.37. The summed E-state index contributed by atoms with van der Waals surface area (Å²) in [5, 5.41) is 15.5. The number of hydrogen-bond acceptors (Lipinski definition) is 6. The maximum atomic E-state index is 13.2. The molecule has 8 nitrogen and oxygen atoms in total. The summed E-state index contributed by atoms with van der Waals surface area (Å²) in [6.07, 6.45) is 2.11. The minimum atomic E-state index is -0.212. The third-order valence-corrected chi connectivity index (χ3v) is 6.04. The van der Waals surface area contributed by atoms with E-state index in [2.05, 4.69) is 82.4 Å². The monoisotopic (exact) mass is 466 g/mol. The molecule has 1 atom stereocenters. The number of rotatable bonds is 6. The highest BCUT2D eigenvalue weighted by Gasteiger charge is 2.32. The molecule has 4 aromatic rings. The van der Waals surface area contributed by atoms with E-state index >= 15 is 0 Å². The van der Waals surface area contributed by atoms with Gasteiger partial charge >= 0.3 is 0 Å². The average Bonchev–Trinajstić information content (AvgIpc) is 3.36. The van der Waals surface area contributed by atoms with Crippen LogP contribution in [-0.4, -0.2) is 39.8 Å². The minimum Gasteiger partial charge on any atom is -0.495 e. The van der Waals surface area contributed by atoms with E-state index in [1.165, 1.54) is 5.56 Å². The van der Waals surface area contributed by atoms with E-state index in [0.29, 0.717) is 17.4 Å². The number of ether oxygens (including phenoxy) is 1. The first-order valence-electron chi connectivity index (χ1n) is 11.4. The summed E-state index contributed by atoms with van der Waals surface area (Å²) in [6, 6.07) is 23.7. The largest absolute Gasteiger partial charge is 0.495 e. The van der Waals surface area contributed by atoms with Gasteiger partial charge in [-0.3, -0.25) is 9.69 Å². The summed E-state index contributed by atoms with van der Waals surface area (Å²) in [4.78, 5) is 15.0. The number of aryl methyl sites for hydroxylation is 2. The van der Waals surface area contributed by atoms with E-state index in [-0.39, 0.29) is 18.5 Å². The van der Waals surface area contributed by atoms with Crippen molar-refractivity contribution >= 4 is 23.2 Å². The second-order valence-electron chi connectivity index (χ2n) is 8.53. The van der Waals surface area contributed by atoms with Crippen LogP contribution in [0.2, 0.25) is 0 Å². The van der Waals surface area contributed by atoms with Crippen LogP contribution in [0, 0.1) is 13.8 Å². The lowest BCUT2D eigenvalue weighted by atomic mass is 9.99. The molecule has 8 heteroatoms. The molecule has 2 heterocycles. The third kappa shape index (κ3) is 4.50. The lowest BCUT2D eigenvalue weighted by molar-refractivity contribution is -0.114. The van der Waals surface area contributed by atoms with Crippen LogP contribution in [0.25, 0.3) is 5.70 Å². The number of amides is 1. The van der Waals surface area contributed by atoms with E-state index in [9.17, 15) is 4.79 Å². The lowest BCUT2D eigenvalue weighted by Gasteiger charge is -2.32. The van der Waals surface area contributed by atoms with E-state index in [1.807, 2.05) is 24.0 Å². The maximum absolute atomic E-state index is 13.2. The number of allylic oxidation sites excluding steroid dienone is 1. The van der Waals surface area contributed by atoms with Gasteiger partial charge in [0.05, 0.1) is 18.5 Å². The number of carbonyl (C=O) groups is 1. The molecule has 176 valence electrons. The van der Waals surface area contributed by atoms with Gasteiger partial charge in [-0.05, 0) is 53.6 Å². The Morgan fingerprint density at radius 1 is 0.971 bits per heavy atom. The normalized spacial score (nSPS) is 14.8. The summed E-state index contributed by atoms with van der Waals surface area (Å²) in [6.45, 7) is 4.13. The van der Waals surface area contributed by atoms with Gasteiger partial charge in [0, 0.05) is 0 Å². The quantitative estimate of drug-likeness (QED) is 0.454. The van der Waals surface area contributed by atoms with Crippen molar-refractivity contribution in [2.75, 3.05) is 23.9 Å². The maximum Gasteiger partial charge on any atom is 0.251 e. The van der Waals surface area contributed by atoms with Crippen molar-refractivity contribution in [1.82, 2.24) is 20.2 Å². The van der Waals surface area contributed by atoms with Crippen molar-refractivity contribution in [2.45, 2.75) is 19.9 Å². The Labute approximate surface area is 203 Å². The first-order chi connectivity index (χ1) is 17.0. The number of para-hydroxylation sites is 2. The van der Waals surface area contributed by atoms with Crippen molar-refractivity contribution in [3.8, 4) is 5.75 Å². The summed E-state index contributed by atoms with van der Waals surface area (Å²) in [5.41, 5.74) is 5.85. The Morgan fingerprint density at radius 2 is 1.66 bits per heavy atom. The molecule has 1 aliphatic rings. The fourth-order valence-electron chi connectivity index (χ4n) is 4.18.